The number of benzene rings is 2. The molecule has 2 aromatic carbocycles. The SMILES string of the molecule is CC(C)(C)C1C(C(=O)N(Cc2ccc(C(=O)NNC(=O)C(F)(F)F)cc2)c2ccccc2)CN1C(=O)O. The lowest BCUT2D eigenvalue weighted by molar-refractivity contribution is -0.174. The molecule has 0 bridgehead atoms. The lowest BCUT2D eigenvalue weighted by Gasteiger charge is -2.52. The summed E-state index contributed by atoms with van der Waals surface area (Å²) in [6.45, 7) is 5.81. The standard InChI is InChI=1S/C25H27F3N4O5/c1-24(2,3)19-18(14-32(19)23(36)37)21(34)31(17-7-5-4-6-8-17)13-15-9-11-16(12-10-15)20(33)29-30-22(35)25(26,27)28/h4-12,18-19H,13-14H2,1-3H3,(H,29,33)(H,30,35)(H,36,37). The average molecular weight is 521 g/mol. The second kappa shape index (κ2) is 10.5. The van der Waals surface area contributed by atoms with Crippen molar-refractivity contribution in [3.63, 3.8) is 0 Å². The number of nitrogens with zero attached hydrogens (tertiary/aromatic N) is 2. The molecule has 3 rings (SSSR count). The zero-order chi connectivity index (χ0) is 27.5. The summed E-state index contributed by atoms with van der Waals surface area (Å²) < 4.78 is 36.9. The number of hydrogen-bond donors (Lipinski definition) is 3. The molecule has 1 heterocycles. The molecule has 2 unspecified atom stereocenters. The highest BCUT2D eigenvalue weighted by Gasteiger charge is 2.52. The van der Waals surface area contributed by atoms with Crippen LogP contribution >= 0.6 is 0 Å². The highest BCUT2D eigenvalue weighted by Crippen LogP contribution is 2.40. The first-order valence-electron chi connectivity index (χ1n) is 11.3. The van der Waals surface area contributed by atoms with Gasteiger partial charge in [0, 0.05) is 17.8 Å². The van der Waals surface area contributed by atoms with Gasteiger partial charge < -0.3 is 14.9 Å². The van der Waals surface area contributed by atoms with Crippen LogP contribution in [-0.4, -0.2) is 52.6 Å². The molecule has 2 atom stereocenters. The van der Waals surface area contributed by atoms with Crippen molar-refractivity contribution in [3.05, 3.63) is 65.7 Å². The van der Waals surface area contributed by atoms with Crippen molar-refractivity contribution in [2.45, 2.75) is 39.5 Å². The maximum Gasteiger partial charge on any atom is 0.472 e. The van der Waals surface area contributed by atoms with Crippen LogP contribution in [0.25, 0.3) is 0 Å². The molecule has 1 aliphatic heterocycles. The van der Waals surface area contributed by atoms with Gasteiger partial charge in [-0.2, -0.15) is 13.2 Å². The number of carbonyl (C=O) groups excluding carboxylic acids is 3. The van der Waals surface area contributed by atoms with Crippen molar-refractivity contribution < 1.29 is 37.5 Å². The number of para-hydroxylation sites is 1. The van der Waals surface area contributed by atoms with Crippen LogP contribution in [0.4, 0.5) is 23.7 Å². The highest BCUT2D eigenvalue weighted by molar-refractivity contribution is 5.97. The van der Waals surface area contributed by atoms with Gasteiger partial charge in [-0.15, -0.1) is 0 Å². The Kier molecular flexibility index (Phi) is 7.80. The van der Waals surface area contributed by atoms with E-state index >= 15 is 0 Å². The summed E-state index contributed by atoms with van der Waals surface area (Å²) in [7, 11) is 0. The van der Waals surface area contributed by atoms with Crippen molar-refractivity contribution in [1.82, 2.24) is 15.8 Å². The van der Waals surface area contributed by atoms with Gasteiger partial charge in [0.1, 0.15) is 0 Å². The molecule has 1 saturated heterocycles. The molecule has 3 N–H and O–H groups in total. The summed E-state index contributed by atoms with van der Waals surface area (Å²) in [6, 6.07) is 14.1. The van der Waals surface area contributed by atoms with Gasteiger partial charge in [-0.1, -0.05) is 51.1 Å². The zero-order valence-electron chi connectivity index (χ0n) is 20.4. The van der Waals surface area contributed by atoms with Crippen molar-refractivity contribution >= 4 is 29.5 Å². The van der Waals surface area contributed by atoms with Crippen LogP contribution in [0.15, 0.2) is 54.6 Å². The van der Waals surface area contributed by atoms with E-state index in [1.54, 1.807) is 40.7 Å². The van der Waals surface area contributed by atoms with Crippen LogP contribution in [0.1, 0.15) is 36.7 Å². The number of rotatable bonds is 5. The number of nitrogens with one attached hydrogen (secondary N) is 2. The zero-order valence-corrected chi connectivity index (χ0v) is 20.4. The van der Waals surface area contributed by atoms with Gasteiger partial charge in [0.15, 0.2) is 0 Å². The fourth-order valence-electron chi connectivity index (χ4n) is 4.29. The molecule has 0 aliphatic carbocycles. The minimum Gasteiger partial charge on any atom is -0.465 e. The molecule has 4 amide bonds. The van der Waals surface area contributed by atoms with E-state index in [1.807, 2.05) is 20.8 Å². The first kappa shape index (κ1) is 27.5. The van der Waals surface area contributed by atoms with Gasteiger partial charge in [-0.25, -0.2) is 4.79 Å². The smallest absolute Gasteiger partial charge is 0.465 e. The summed E-state index contributed by atoms with van der Waals surface area (Å²) in [5.41, 5.74) is 3.73. The van der Waals surface area contributed by atoms with Crippen LogP contribution in [0.2, 0.25) is 0 Å². The van der Waals surface area contributed by atoms with E-state index in [-0.39, 0.29) is 24.6 Å². The summed E-state index contributed by atoms with van der Waals surface area (Å²) in [6.07, 6.45) is -6.23. The van der Waals surface area contributed by atoms with Crippen LogP contribution in [-0.2, 0) is 16.1 Å². The Morgan fingerprint density at radius 2 is 1.57 bits per heavy atom. The molecule has 2 aromatic rings. The van der Waals surface area contributed by atoms with Crippen LogP contribution in [0, 0.1) is 11.3 Å². The van der Waals surface area contributed by atoms with E-state index in [9.17, 15) is 37.5 Å². The van der Waals surface area contributed by atoms with E-state index in [4.69, 9.17) is 0 Å². The normalized spacial score (nSPS) is 17.4. The van der Waals surface area contributed by atoms with Crippen molar-refractivity contribution in [2.24, 2.45) is 11.3 Å². The van der Waals surface area contributed by atoms with Crippen LogP contribution in [0.5, 0.6) is 0 Å². The number of halogens is 3. The van der Waals surface area contributed by atoms with Gasteiger partial charge in [0.2, 0.25) is 5.91 Å². The molecule has 12 heteroatoms. The lowest BCUT2D eigenvalue weighted by atomic mass is 9.71. The van der Waals surface area contributed by atoms with Gasteiger partial charge >= 0.3 is 18.2 Å². The fourth-order valence-corrected chi connectivity index (χ4v) is 4.29. The third-order valence-electron chi connectivity index (χ3n) is 6.00. The van der Waals surface area contributed by atoms with Crippen molar-refractivity contribution in [3.8, 4) is 0 Å². The molecule has 1 fully saturated rings. The average Bonchev–Trinajstić information content (AvgIpc) is 2.79. The van der Waals surface area contributed by atoms with Crippen LogP contribution < -0.4 is 15.8 Å². The summed E-state index contributed by atoms with van der Waals surface area (Å²) in [5.74, 6) is -4.06. The first-order valence-corrected chi connectivity index (χ1v) is 11.3. The Bertz CT molecular complexity index is 1160. The number of hydrazine groups is 1. The molecular weight excluding hydrogens is 493 g/mol. The molecule has 198 valence electrons. The number of hydrogen-bond acceptors (Lipinski definition) is 4. The quantitative estimate of drug-likeness (QED) is 0.521. The lowest BCUT2D eigenvalue weighted by Crippen LogP contribution is -2.67. The molecule has 0 spiro atoms. The Balaban J connectivity index is 1.78. The maximum absolute atomic E-state index is 13.7. The predicted molar refractivity (Wildman–Crippen MR) is 127 cm³/mol. The van der Waals surface area contributed by atoms with Gasteiger partial charge in [0.05, 0.1) is 18.5 Å². The number of anilines is 1. The molecule has 0 aromatic heterocycles. The predicted octanol–water partition coefficient (Wildman–Crippen LogP) is 3.57. The van der Waals surface area contributed by atoms with Crippen LogP contribution in [0.3, 0.4) is 0 Å². The summed E-state index contributed by atoms with van der Waals surface area (Å²) >= 11 is 0. The molecule has 0 saturated carbocycles. The van der Waals surface area contributed by atoms with E-state index in [1.165, 1.54) is 34.6 Å². The number of likely N-dealkylation sites (tertiary alicyclic amines) is 1. The highest BCUT2D eigenvalue weighted by atomic mass is 19.4. The van der Waals surface area contributed by atoms with Gasteiger partial charge in [-0.3, -0.25) is 25.2 Å². The number of alkyl halides is 3. The number of carbonyl (C=O) groups is 4. The van der Waals surface area contributed by atoms with E-state index in [0.717, 1.165) is 0 Å². The Labute approximate surface area is 211 Å². The third kappa shape index (κ3) is 6.38. The summed E-state index contributed by atoms with van der Waals surface area (Å²) in [4.78, 5) is 51.1. The topological polar surface area (TPSA) is 119 Å². The first-order chi connectivity index (χ1) is 17.2. The van der Waals surface area contributed by atoms with E-state index < -0.39 is 41.5 Å². The van der Waals surface area contributed by atoms with E-state index in [2.05, 4.69) is 0 Å². The molecular formula is C25H27F3N4O5. The van der Waals surface area contributed by atoms with Crippen molar-refractivity contribution in [2.75, 3.05) is 11.4 Å². The van der Waals surface area contributed by atoms with Crippen molar-refractivity contribution in [1.29, 1.82) is 0 Å². The Morgan fingerprint density at radius 3 is 2.08 bits per heavy atom. The largest absolute Gasteiger partial charge is 0.472 e. The van der Waals surface area contributed by atoms with Gasteiger partial charge in [0.25, 0.3) is 5.91 Å². The third-order valence-corrected chi connectivity index (χ3v) is 6.00. The number of carboxylic acid groups (broad SMARTS) is 1. The Morgan fingerprint density at radius 1 is 0.973 bits per heavy atom. The maximum atomic E-state index is 13.7. The van der Waals surface area contributed by atoms with E-state index in [0.29, 0.717) is 11.3 Å². The summed E-state index contributed by atoms with van der Waals surface area (Å²) in [5, 5.41) is 9.53. The molecule has 37 heavy (non-hydrogen) atoms. The van der Waals surface area contributed by atoms with Gasteiger partial charge in [-0.05, 0) is 35.2 Å². The fraction of sp³-hybridized carbons (Fsp3) is 0.360. The second-order valence-electron chi connectivity index (χ2n) is 9.72. The molecule has 1 aliphatic rings. The monoisotopic (exact) mass is 520 g/mol. The Hall–Kier alpha value is -4.09. The molecule has 9 nitrogen and oxygen atoms in total. The number of amides is 4. The second-order valence-corrected chi connectivity index (χ2v) is 9.72. The molecule has 0 radical (unpaired) electrons. The minimum atomic E-state index is -5.14. The minimum absolute atomic E-state index is 0.00676.